The van der Waals surface area contributed by atoms with Gasteiger partial charge in [0.15, 0.2) is 5.82 Å². The van der Waals surface area contributed by atoms with Gasteiger partial charge in [-0.1, -0.05) is 12.1 Å². The second kappa shape index (κ2) is 9.04. The van der Waals surface area contributed by atoms with E-state index in [-0.39, 0.29) is 17.8 Å². The number of fused-ring (bicyclic) bond motifs is 3. The Labute approximate surface area is 224 Å². The van der Waals surface area contributed by atoms with E-state index in [4.69, 9.17) is 4.74 Å². The Balaban J connectivity index is 1.40. The van der Waals surface area contributed by atoms with Crippen LogP contribution < -0.4 is 5.69 Å². The maximum absolute atomic E-state index is 13.5. The van der Waals surface area contributed by atoms with Crippen molar-refractivity contribution in [3.05, 3.63) is 59.5 Å². The number of likely N-dealkylation sites (tertiary alicyclic amines) is 1. The molecule has 6 rings (SSSR count). The lowest BCUT2D eigenvalue weighted by Gasteiger charge is -2.24. The minimum Gasteiger partial charge on any atom is -0.444 e. The normalized spacial score (nSPS) is 15.9. The zero-order valence-electron chi connectivity index (χ0n) is 22.6. The van der Waals surface area contributed by atoms with Gasteiger partial charge >= 0.3 is 11.8 Å². The third-order valence-electron chi connectivity index (χ3n) is 7.02. The number of hydrogen-bond acceptors (Lipinski definition) is 7. The smallest absolute Gasteiger partial charge is 0.410 e. The fourth-order valence-corrected chi connectivity index (χ4v) is 5.14. The Kier molecular flexibility index (Phi) is 5.74. The van der Waals surface area contributed by atoms with Gasteiger partial charge in [0.1, 0.15) is 17.6 Å². The molecular formula is C28H30N8O3. The molecule has 5 aromatic rings. The quantitative estimate of drug-likeness (QED) is 0.350. The standard InChI is InChI=1S/C28H30N8O3/c1-28(2,3)39-27(38)35-11-10-19(15-35)36-24-20-12-17(6-8-21(20)30-14-23(24)34(5)26(36)37)18-7-9-22(29-13-18)25-31-16-33(4)32-25/h6-9,12-14,16,19H,10-11,15H2,1-5H3/t19-/m0/s1. The third kappa shape index (κ3) is 4.43. The molecule has 1 aliphatic heterocycles. The Morgan fingerprint density at radius 2 is 1.82 bits per heavy atom. The van der Waals surface area contributed by atoms with Crippen molar-refractivity contribution >= 4 is 28.0 Å². The van der Waals surface area contributed by atoms with Crippen LogP contribution in [0.3, 0.4) is 0 Å². The van der Waals surface area contributed by atoms with Gasteiger partial charge in [0, 0.05) is 44.3 Å². The second-order valence-corrected chi connectivity index (χ2v) is 11.0. The van der Waals surface area contributed by atoms with Crippen molar-refractivity contribution in [2.45, 2.75) is 38.8 Å². The molecule has 0 aliphatic carbocycles. The molecule has 1 aliphatic rings. The van der Waals surface area contributed by atoms with E-state index in [1.807, 2.05) is 56.7 Å². The number of pyridine rings is 2. The van der Waals surface area contributed by atoms with Crippen LogP contribution in [0.5, 0.6) is 0 Å². The summed E-state index contributed by atoms with van der Waals surface area (Å²) in [5.41, 5.74) is 4.21. The van der Waals surface area contributed by atoms with Gasteiger partial charge < -0.3 is 9.64 Å². The average Bonchev–Trinajstić information content (AvgIpc) is 3.62. The highest BCUT2D eigenvalue weighted by Gasteiger charge is 2.33. The molecule has 200 valence electrons. The second-order valence-electron chi connectivity index (χ2n) is 11.0. The molecule has 1 aromatic carbocycles. The topological polar surface area (TPSA) is 113 Å². The van der Waals surface area contributed by atoms with Crippen LogP contribution in [0, 0.1) is 0 Å². The number of nitrogens with zero attached hydrogens (tertiary/aromatic N) is 8. The number of carbonyl (C=O) groups excluding carboxylic acids is 1. The van der Waals surface area contributed by atoms with E-state index in [0.717, 1.165) is 33.1 Å². The van der Waals surface area contributed by atoms with Crippen LogP contribution >= 0.6 is 0 Å². The van der Waals surface area contributed by atoms with Crippen molar-refractivity contribution in [2.75, 3.05) is 13.1 Å². The molecule has 11 nitrogen and oxygen atoms in total. The lowest BCUT2D eigenvalue weighted by molar-refractivity contribution is 0.0289. The Morgan fingerprint density at radius 3 is 2.51 bits per heavy atom. The maximum Gasteiger partial charge on any atom is 0.410 e. The van der Waals surface area contributed by atoms with Crippen LogP contribution in [-0.2, 0) is 18.8 Å². The van der Waals surface area contributed by atoms with E-state index < -0.39 is 5.60 Å². The van der Waals surface area contributed by atoms with Crippen LogP contribution in [0.15, 0.2) is 53.8 Å². The predicted molar refractivity (Wildman–Crippen MR) is 147 cm³/mol. The van der Waals surface area contributed by atoms with Crippen LogP contribution in [0.4, 0.5) is 4.79 Å². The zero-order valence-corrected chi connectivity index (χ0v) is 22.6. The molecule has 4 aromatic heterocycles. The Bertz CT molecular complexity index is 1780. The Morgan fingerprint density at radius 1 is 1.03 bits per heavy atom. The molecule has 11 heteroatoms. The molecule has 0 spiro atoms. The molecular weight excluding hydrogens is 496 g/mol. The molecule has 39 heavy (non-hydrogen) atoms. The van der Waals surface area contributed by atoms with Gasteiger partial charge in [0.05, 0.1) is 28.8 Å². The van der Waals surface area contributed by atoms with Crippen LogP contribution in [-0.4, -0.2) is 63.6 Å². The summed E-state index contributed by atoms with van der Waals surface area (Å²) in [5.74, 6) is 0.568. The number of aryl methyl sites for hydroxylation is 2. The highest BCUT2D eigenvalue weighted by atomic mass is 16.6. The van der Waals surface area contributed by atoms with Crippen LogP contribution in [0.1, 0.15) is 33.2 Å². The monoisotopic (exact) mass is 526 g/mol. The summed E-state index contributed by atoms with van der Waals surface area (Å²) in [6.07, 6.45) is 5.49. The van der Waals surface area contributed by atoms with Gasteiger partial charge in [-0.15, -0.1) is 5.10 Å². The summed E-state index contributed by atoms with van der Waals surface area (Å²) in [5, 5.41) is 5.19. The fraction of sp³-hybridized carbons (Fsp3) is 0.357. The number of carbonyl (C=O) groups is 1. The van der Waals surface area contributed by atoms with E-state index in [0.29, 0.717) is 31.0 Å². The van der Waals surface area contributed by atoms with Crippen molar-refractivity contribution in [2.24, 2.45) is 14.1 Å². The van der Waals surface area contributed by atoms with Gasteiger partial charge in [-0.3, -0.25) is 23.8 Å². The number of hydrogen-bond donors (Lipinski definition) is 0. The number of imidazole rings is 1. The first-order valence-electron chi connectivity index (χ1n) is 12.9. The fourth-order valence-electron chi connectivity index (χ4n) is 5.14. The molecule has 5 heterocycles. The first-order valence-corrected chi connectivity index (χ1v) is 12.9. The van der Waals surface area contributed by atoms with Crippen LogP contribution in [0.2, 0.25) is 0 Å². The van der Waals surface area contributed by atoms with Gasteiger partial charge in [-0.2, -0.15) is 0 Å². The number of ether oxygens (including phenoxy) is 1. The number of benzene rings is 1. The molecule has 1 fully saturated rings. The summed E-state index contributed by atoms with van der Waals surface area (Å²) in [6, 6.07) is 9.73. The largest absolute Gasteiger partial charge is 0.444 e. The van der Waals surface area contributed by atoms with E-state index in [1.54, 1.807) is 39.9 Å². The maximum atomic E-state index is 13.5. The molecule has 0 saturated carbocycles. The molecule has 1 amide bonds. The van der Waals surface area contributed by atoms with E-state index in [2.05, 4.69) is 26.1 Å². The van der Waals surface area contributed by atoms with Gasteiger partial charge in [-0.05, 0) is 51.0 Å². The SMILES string of the molecule is Cn1cnc(-c2ccc(-c3ccc4ncc5c(c4c3)n([C@H]3CCN(C(=O)OC(C)(C)C)C3)c(=O)n5C)cn2)n1. The lowest BCUT2D eigenvalue weighted by Crippen LogP contribution is -2.36. The van der Waals surface area contributed by atoms with E-state index in [1.165, 1.54) is 0 Å². The minimum absolute atomic E-state index is 0.130. The summed E-state index contributed by atoms with van der Waals surface area (Å²) in [7, 11) is 3.58. The summed E-state index contributed by atoms with van der Waals surface area (Å²) in [4.78, 5) is 41.4. The predicted octanol–water partition coefficient (Wildman–Crippen LogP) is 3.93. The molecule has 0 bridgehead atoms. The van der Waals surface area contributed by atoms with Gasteiger partial charge in [0.2, 0.25) is 0 Å². The number of aromatic nitrogens is 7. The zero-order chi connectivity index (χ0) is 27.5. The number of rotatable bonds is 3. The number of amides is 1. The third-order valence-corrected chi connectivity index (χ3v) is 7.02. The molecule has 1 atom stereocenters. The molecule has 1 saturated heterocycles. The first-order chi connectivity index (χ1) is 18.6. The van der Waals surface area contributed by atoms with Gasteiger partial charge in [-0.25, -0.2) is 14.6 Å². The van der Waals surface area contributed by atoms with Crippen molar-refractivity contribution in [3.8, 4) is 22.6 Å². The van der Waals surface area contributed by atoms with E-state index >= 15 is 0 Å². The Hall–Kier alpha value is -4.54. The summed E-state index contributed by atoms with van der Waals surface area (Å²) < 4.78 is 10.7. The molecule has 0 unspecified atom stereocenters. The highest BCUT2D eigenvalue weighted by molar-refractivity contribution is 6.04. The van der Waals surface area contributed by atoms with Crippen molar-refractivity contribution in [1.29, 1.82) is 0 Å². The van der Waals surface area contributed by atoms with Crippen molar-refractivity contribution < 1.29 is 9.53 Å². The first kappa shape index (κ1) is 24.8. The lowest BCUT2D eigenvalue weighted by atomic mass is 10.0. The summed E-state index contributed by atoms with van der Waals surface area (Å²) in [6.45, 7) is 6.48. The average molecular weight is 527 g/mol. The van der Waals surface area contributed by atoms with Crippen LogP contribution in [0.25, 0.3) is 44.6 Å². The van der Waals surface area contributed by atoms with Crippen molar-refractivity contribution in [1.82, 2.24) is 38.8 Å². The van der Waals surface area contributed by atoms with Crippen molar-refractivity contribution in [3.63, 3.8) is 0 Å². The van der Waals surface area contributed by atoms with Gasteiger partial charge in [0.25, 0.3) is 0 Å². The summed E-state index contributed by atoms with van der Waals surface area (Å²) >= 11 is 0. The molecule has 0 radical (unpaired) electrons. The minimum atomic E-state index is -0.578. The highest BCUT2D eigenvalue weighted by Crippen LogP contribution is 2.32. The molecule has 0 N–H and O–H groups in total. The van der Waals surface area contributed by atoms with E-state index in [9.17, 15) is 9.59 Å².